The zero-order valence-electron chi connectivity index (χ0n) is 12.4. The van der Waals surface area contributed by atoms with Crippen LogP contribution in [-0.2, 0) is 11.2 Å². The molecule has 1 unspecified atom stereocenters. The lowest BCUT2D eigenvalue weighted by atomic mass is 10.2. The van der Waals surface area contributed by atoms with Crippen LogP contribution < -0.4 is 5.32 Å². The minimum Gasteiger partial charge on any atom is -0.361 e. The van der Waals surface area contributed by atoms with Crippen LogP contribution in [0.25, 0.3) is 0 Å². The predicted molar refractivity (Wildman–Crippen MR) is 81.6 cm³/mol. The van der Waals surface area contributed by atoms with Crippen LogP contribution in [0.1, 0.15) is 17.9 Å². The molecule has 21 heavy (non-hydrogen) atoms. The minimum absolute atomic E-state index is 0. The molecule has 0 aliphatic carbocycles. The highest BCUT2D eigenvalue weighted by Gasteiger charge is 2.31. The van der Waals surface area contributed by atoms with Gasteiger partial charge in [-0.2, -0.15) is 0 Å². The highest BCUT2D eigenvalue weighted by Crippen LogP contribution is 2.17. The van der Waals surface area contributed by atoms with Crippen molar-refractivity contribution < 1.29 is 9.32 Å². The molecular formula is C14H23ClN4O2. The number of aryl methyl sites for hydroxylation is 1. The summed E-state index contributed by atoms with van der Waals surface area (Å²) >= 11 is 0. The van der Waals surface area contributed by atoms with Crippen LogP contribution in [0.2, 0.25) is 0 Å². The van der Waals surface area contributed by atoms with E-state index in [1.54, 1.807) is 0 Å². The van der Waals surface area contributed by atoms with E-state index in [1.165, 1.54) is 0 Å². The van der Waals surface area contributed by atoms with Crippen molar-refractivity contribution in [3.05, 3.63) is 17.5 Å². The van der Waals surface area contributed by atoms with Crippen LogP contribution in [0.5, 0.6) is 0 Å². The van der Waals surface area contributed by atoms with Crippen molar-refractivity contribution in [1.29, 1.82) is 0 Å². The monoisotopic (exact) mass is 314 g/mol. The van der Waals surface area contributed by atoms with Gasteiger partial charge < -0.3 is 14.7 Å². The van der Waals surface area contributed by atoms with E-state index in [0.29, 0.717) is 12.5 Å². The van der Waals surface area contributed by atoms with Gasteiger partial charge in [0.05, 0.1) is 12.1 Å². The Hall–Kier alpha value is -1.11. The predicted octanol–water partition coefficient (Wildman–Crippen LogP) is 0.453. The van der Waals surface area contributed by atoms with E-state index < -0.39 is 0 Å². The minimum atomic E-state index is 0. The molecule has 3 heterocycles. The van der Waals surface area contributed by atoms with Gasteiger partial charge in [-0.3, -0.25) is 9.69 Å². The van der Waals surface area contributed by atoms with Gasteiger partial charge in [-0.25, -0.2) is 0 Å². The molecular weight excluding hydrogens is 292 g/mol. The van der Waals surface area contributed by atoms with Gasteiger partial charge in [0, 0.05) is 51.4 Å². The SMILES string of the molecule is Cc1cc(CC(=O)N2CCC(N3CCNCC3)C2)no1.Cl. The van der Waals surface area contributed by atoms with Crippen LogP contribution in [-0.4, -0.2) is 66.2 Å². The zero-order chi connectivity index (χ0) is 13.9. The molecule has 3 rings (SSSR count). The maximum atomic E-state index is 12.3. The Morgan fingerprint density at radius 3 is 2.86 bits per heavy atom. The van der Waals surface area contributed by atoms with Crippen molar-refractivity contribution in [1.82, 2.24) is 20.3 Å². The van der Waals surface area contributed by atoms with Gasteiger partial charge in [-0.1, -0.05) is 5.16 Å². The summed E-state index contributed by atoms with van der Waals surface area (Å²) in [5.74, 6) is 0.920. The molecule has 6 nitrogen and oxygen atoms in total. The summed E-state index contributed by atoms with van der Waals surface area (Å²) < 4.78 is 5.01. The van der Waals surface area contributed by atoms with Gasteiger partial charge in [0.1, 0.15) is 5.76 Å². The molecule has 0 aromatic carbocycles. The third-order valence-electron chi connectivity index (χ3n) is 4.19. The Kier molecular flexibility index (Phi) is 5.61. The quantitative estimate of drug-likeness (QED) is 0.878. The molecule has 0 radical (unpaired) electrons. The number of carbonyl (C=O) groups excluding carboxylic acids is 1. The number of hydrogen-bond donors (Lipinski definition) is 1. The fourth-order valence-electron chi connectivity index (χ4n) is 3.08. The Balaban J connectivity index is 0.00000161. The summed E-state index contributed by atoms with van der Waals surface area (Å²) in [7, 11) is 0. The van der Waals surface area contributed by atoms with Crippen molar-refractivity contribution in [3.63, 3.8) is 0 Å². The van der Waals surface area contributed by atoms with Gasteiger partial charge >= 0.3 is 0 Å². The smallest absolute Gasteiger partial charge is 0.228 e. The van der Waals surface area contributed by atoms with E-state index in [1.807, 2.05) is 17.9 Å². The lowest BCUT2D eigenvalue weighted by Crippen LogP contribution is -2.49. The molecule has 0 spiro atoms. The van der Waals surface area contributed by atoms with Crippen molar-refractivity contribution >= 4 is 18.3 Å². The van der Waals surface area contributed by atoms with E-state index in [9.17, 15) is 4.79 Å². The van der Waals surface area contributed by atoms with Crippen molar-refractivity contribution in [2.75, 3.05) is 39.3 Å². The molecule has 7 heteroatoms. The first-order chi connectivity index (χ1) is 9.72. The Labute approximate surface area is 131 Å². The molecule has 0 saturated carbocycles. The number of likely N-dealkylation sites (tertiary alicyclic amines) is 1. The highest BCUT2D eigenvalue weighted by atomic mass is 35.5. The number of halogens is 1. The van der Waals surface area contributed by atoms with Crippen molar-refractivity contribution in [2.24, 2.45) is 0 Å². The first kappa shape index (κ1) is 16.3. The molecule has 1 N–H and O–H groups in total. The molecule has 2 saturated heterocycles. The number of nitrogens with zero attached hydrogens (tertiary/aromatic N) is 3. The molecule has 1 aromatic rings. The standard InChI is InChI=1S/C14H22N4O2.ClH/c1-11-8-12(16-20-11)9-14(19)18-5-2-13(10-18)17-6-3-15-4-7-17;/h8,13,15H,2-7,9-10H2,1H3;1H. The molecule has 1 aromatic heterocycles. The van der Waals surface area contributed by atoms with Crippen LogP contribution in [0, 0.1) is 6.92 Å². The third-order valence-corrected chi connectivity index (χ3v) is 4.19. The van der Waals surface area contributed by atoms with E-state index >= 15 is 0 Å². The second-order valence-electron chi connectivity index (χ2n) is 5.67. The average molecular weight is 315 g/mol. The molecule has 0 bridgehead atoms. The van der Waals surface area contributed by atoms with Crippen molar-refractivity contribution in [2.45, 2.75) is 25.8 Å². The average Bonchev–Trinajstić information content (AvgIpc) is 3.09. The van der Waals surface area contributed by atoms with Gasteiger partial charge in [0.15, 0.2) is 0 Å². The maximum absolute atomic E-state index is 12.3. The van der Waals surface area contributed by atoms with E-state index in [-0.39, 0.29) is 18.3 Å². The summed E-state index contributed by atoms with van der Waals surface area (Å²) in [6, 6.07) is 2.36. The molecule has 118 valence electrons. The topological polar surface area (TPSA) is 61.6 Å². The molecule has 2 aliphatic heterocycles. The summed E-state index contributed by atoms with van der Waals surface area (Å²) in [4.78, 5) is 16.7. The van der Waals surface area contributed by atoms with Crippen LogP contribution >= 0.6 is 12.4 Å². The van der Waals surface area contributed by atoms with Gasteiger partial charge in [-0.15, -0.1) is 12.4 Å². The van der Waals surface area contributed by atoms with Crippen molar-refractivity contribution in [3.8, 4) is 0 Å². The van der Waals surface area contributed by atoms with Gasteiger partial charge in [-0.05, 0) is 13.3 Å². The van der Waals surface area contributed by atoms with Crippen LogP contribution in [0.4, 0.5) is 0 Å². The molecule has 2 aliphatic rings. The van der Waals surface area contributed by atoms with Crippen LogP contribution in [0.3, 0.4) is 0 Å². The number of rotatable bonds is 3. The molecule has 1 atom stereocenters. The fourth-order valence-corrected chi connectivity index (χ4v) is 3.08. The summed E-state index contributed by atoms with van der Waals surface area (Å²) in [6.45, 7) is 7.87. The number of carbonyl (C=O) groups is 1. The Morgan fingerprint density at radius 2 is 2.19 bits per heavy atom. The van der Waals surface area contributed by atoms with E-state index in [4.69, 9.17) is 4.52 Å². The lowest BCUT2D eigenvalue weighted by Gasteiger charge is -2.32. The first-order valence-corrected chi connectivity index (χ1v) is 7.37. The summed E-state index contributed by atoms with van der Waals surface area (Å²) in [5, 5.41) is 7.26. The number of hydrogen-bond acceptors (Lipinski definition) is 5. The third kappa shape index (κ3) is 3.96. The zero-order valence-corrected chi connectivity index (χ0v) is 13.2. The lowest BCUT2D eigenvalue weighted by molar-refractivity contribution is -0.129. The second kappa shape index (κ2) is 7.24. The molecule has 2 fully saturated rings. The molecule has 1 amide bonds. The summed E-state index contributed by atoms with van der Waals surface area (Å²) in [5.41, 5.74) is 0.734. The highest BCUT2D eigenvalue weighted by molar-refractivity contribution is 5.85. The normalized spacial score (nSPS) is 23.1. The largest absolute Gasteiger partial charge is 0.361 e. The number of amides is 1. The van der Waals surface area contributed by atoms with E-state index in [2.05, 4.69) is 15.4 Å². The second-order valence-corrected chi connectivity index (χ2v) is 5.67. The van der Waals surface area contributed by atoms with E-state index in [0.717, 1.165) is 57.1 Å². The Bertz CT molecular complexity index is 473. The first-order valence-electron chi connectivity index (χ1n) is 7.37. The Morgan fingerprint density at radius 1 is 1.43 bits per heavy atom. The van der Waals surface area contributed by atoms with Gasteiger partial charge in [0.25, 0.3) is 0 Å². The number of piperazine rings is 1. The fraction of sp³-hybridized carbons (Fsp3) is 0.714. The van der Waals surface area contributed by atoms with Gasteiger partial charge in [0.2, 0.25) is 5.91 Å². The number of aromatic nitrogens is 1. The summed E-state index contributed by atoms with van der Waals surface area (Å²) in [6.07, 6.45) is 1.44. The maximum Gasteiger partial charge on any atom is 0.228 e. The van der Waals surface area contributed by atoms with Crippen LogP contribution in [0.15, 0.2) is 10.6 Å². The number of nitrogens with one attached hydrogen (secondary N) is 1.